The van der Waals surface area contributed by atoms with E-state index < -0.39 is 17.6 Å². The standard InChI is InChI=1S/C16H14F3NO2/c1-22-14-8-3-2-5-12(14)10-20-15(21)11-6-4-7-13(9-11)16(17,18)19/h2-9H,10H2,1H3,(H,20,21). The monoisotopic (exact) mass is 309 g/mol. The maximum atomic E-state index is 12.6. The van der Waals surface area contributed by atoms with Crippen molar-refractivity contribution in [2.45, 2.75) is 12.7 Å². The van der Waals surface area contributed by atoms with Crippen LogP contribution in [0.25, 0.3) is 0 Å². The van der Waals surface area contributed by atoms with Gasteiger partial charge in [-0.3, -0.25) is 4.79 Å². The summed E-state index contributed by atoms with van der Waals surface area (Å²) in [6.07, 6.45) is -4.47. The van der Waals surface area contributed by atoms with Gasteiger partial charge in [0, 0.05) is 17.7 Å². The van der Waals surface area contributed by atoms with Crippen molar-refractivity contribution in [3.05, 3.63) is 65.2 Å². The predicted octanol–water partition coefficient (Wildman–Crippen LogP) is 3.64. The van der Waals surface area contributed by atoms with Crippen molar-refractivity contribution in [3.63, 3.8) is 0 Å². The van der Waals surface area contributed by atoms with Crippen molar-refractivity contribution in [2.75, 3.05) is 7.11 Å². The van der Waals surface area contributed by atoms with Crippen molar-refractivity contribution in [3.8, 4) is 5.75 Å². The van der Waals surface area contributed by atoms with Gasteiger partial charge in [0.25, 0.3) is 5.91 Å². The van der Waals surface area contributed by atoms with Gasteiger partial charge in [-0.2, -0.15) is 13.2 Å². The summed E-state index contributed by atoms with van der Waals surface area (Å²) in [4.78, 5) is 12.0. The number of alkyl halides is 3. The summed E-state index contributed by atoms with van der Waals surface area (Å²) in [5.74, 6) is 0.0313. The van der Waals surface area contributed by atoms with Gasteiger partial charge in [0.15, 0.2) is 0 Å². The molecule has 2 aromatic carbocycles. The van der Waals surface area contributed by atoms with Gasteiger partial charge in [-0.05, 0) is 24.3 Å². The number of methoxy groups -OCH3 is 1. The van der Waals surface area contributed by atoms with E-state index in [9.17, 15) is 18.0 Å². The SMILES string of the molecule is COc1ccccc1CNC(=O)c1cccc(C(F)(F)F)c1. The van der Waals surface area contributed by atoms with Gasteiger partial charge in [-0.25, -0.2) is 0 Å². The molecule has 1 amide bonds. The van der Waals surface area contributed by atoms with Crippen LogP contribution in [0.2, 0.25) is 0 Å². The zero-order valence-corrected chi connectivity index (χ0v) is 11.8. The van der Waals surface area contributed by atoms with Crippen LogP contribution in [0.3, 0.4) is 0 Å². The van der Waals surface area contributed by atoms with Crippen molar-refractivity contribution < 1.29 is 22.7 Å². The van der Waals surface area contributed by atoms with Crippen LogP contribution in [0, 0.1) is 0 Å². The number of hydrogen-bond donors (Lipinski definition) is 1. The third kappa shape index (κ3) is 3.78. The lowest BCUT2D eigenvalue weighted by Gasteiger charge is -2.11. The molecule has 0 aromatic heterocycles. The van der Waals surface area contributed by atoms with Crippen molar-refractivity contribution >= 4 is 5.91 Å². The molecule has 2 aromatic rings. The number of para-hydroxylation sites is 1. The second-order valence-corrected chi connectivity index (χ2v) is 4.57. The Hall–Kier alpha value is -2.50. The Morgan fingerprint density at radius 1 is 1.14 bits per heavy atom. The van der Waals surface area contributed by atoms with Crippen LogP contribution in [-0.4, -0.2) is 13.0 Å². The lowest BCUT2D eigenvalue weighted by Crippen LogP contribution is -2.23. The van der Waals surface area contributed by atoms with E-state index >= 15 is 0 Å². The minimum Gasteiger partial charge on any atom is -0.496 e. The lowest BCUT2D eigenvalue weighted by atomic mass is 10.1. The van der Waals surface area contributed by atoms with E-state index in [1.54, 1.807) is 24.3 Å². The van der Waals surface area contributed by atoms with Gasteiger partial charge in [0.05, 0.1) is 12.7 Å². The fourth-order valence-corrected chi connectivity index (χ4v) is 1.96. The second kappa shape index (κ2) is 6.51. The molecular weight excluding hydrogens is 295 g/mol. The van der Waals surface area contributed by atoms with Crippen LogP contribution in [0.15, 0.2) is 48.5 Å². The van der Waals surface area contributed by atoms with Crippen LogP contribution >= 0.6 is 0 Å². The van der Waals surface area contributed by atoms with E-state index in [0.29, 0.717) is 5.75 Å². The molecule has 0 aliphatic rings. The molecule has 0 aliphatic heterocycles. The molecule has 0 fully saturated rings. The molecule has 0 heterocycles. The maximum Gasteiger partial charge on any atom is 0.416 e. The number of amides is 1. The summed E-state index contributed by atoms with van der Waals surface area (Å²) in [5, 5.41) is 2.58. The zero-order valence-electron chi connectivity index (χ0n) is 11.8. The largest absolute Gasteiger partial charge is 0.496 e. The van der Waals surface area contributed by atoms with Gasteiger partial charge in [0.1, 0.15) is 5.75 Å². The minimum absolute atomic E-state index is 0.0373. The first-order chi connectivity index (χ1) is 10.4. The van der Waals surface area contributed by atoms with Crippen LogP contribution in [0.1, 0.15) is 21.5 Å². The molecule has 3 nitrogen and oxygen atoms in total. The number of hydrogen-bond acceptors (Lipinski definition) is 2. The number of benzene rings is 2. The highest BCUT2D eigenvalue weighted by molar-refractivity contribution is 5.94. The van der Waals surface area contributed by atoms with E-state index in [1.807, 2.05) is 0 Å². The Morgan fingerprint density at radius 3 is 2.55 bits per heavy atom. The quantitative estimate of drug-likeness (QED) is 0.936. The van der Waals surface area contributed by atoms with Crippen molar-refractivity contribution in [1.29, 1.82) is 0 Å². The molecule has 0 unspecified atom stereocenters. The molecule has 0 spiro atoms. The molecule has 0 saturated heterocycles. The van der Waals surface area contributed by atoms with E-state index in [1.165, 1.54) is 19.2 Å². The molecule has 0 radical (unpaired) electrons. The highest BCUT2D eigenvalue weighted by Gasteiger charge is 2.30. The molecular formula is C16H14F3NO2. The fourth-order valence-electron chi connectivity index (χ4n) is 1.96. The van der Waals surface area contributed by atoms with Gasteiger partial charge >= 0.3 is 6.18 Å². The average Bonchev–Trinajstić information content (AvgIpc) is 2.52. The maximum absolute atomic E-state index is 12.6. The number of rotatable bonds is 4. The zero-order chi connectivity index (χ0) is 16.2. The molecule has 22 heavy (non-hydrogen) atoms. The van der Waals surface area contributed by atoms with Crippen LogP contribution < -0.4 is 10.1 Å². The van der Waals surface area contributed by atoms with E-state index in [2.05, 4.69) is 5.32 Å². The van der Waals surface area contributed by atoms with Gasteiger partial charge in [0.2, 0.25) is 0 Å². The Labute approximate surface area is 125 Å². The minimum atomic E-state index is -4.47. The van der Waals surface area contributed by atoms with Crippen LogP contribution in [0.5, 0.6) is 5.75 Å². The molecule has 0 aliphatic carbocycles. The Bertz CT molecular complexity index is 668. The Morgan fingerprint density at radius 2 is 1.86 bits per heavy atom. The number of carbonyl (C=O) groups excluding carboxylic acids is 1. The number of halogens is 3. The van der Waals surface area contributed by atoms with Gasteiger partial charge in [-0.1, -0.05) is 24.3 Å². The fraction of sp³-hybridized carbons (Fsp3) is 0.188. The molecule has 0 bridgehead atoms. The predicted molar refractivity (Wildman–Crippen MR) is 75.6 cm³/mol. The summed E-state index contributed by atoms with van der Waals surface area (Å²) in [6.45, 7) is 0.166. The van der Waals surface area contributed by atoms with Gasteiger partial charge in [-0.15, -0.1) is 0 Å². The highest BCUT2D eigenvalue weighted by Crippen LogP contribution is 2.29. The van der Waals surface area contributed by atoms with Crippen LogP contribution in [0.4, 0.5) is 13.2 Å². The molecule has 1 N–H and O–H groups in total. The normalized spacial score (nSPS) is 11.1. The summed E-state index contributed by atoms with van der Waals surface area (Å²) in [6, 6.07) is 11.4. The molecule has 116 valence electrons. The first-order valence-electron chi connectivity index (χ1n) is 6.49. The van der Waals surface area contributed by atoms with Crippen LogP contribution in [-0.2, 0) is 12.7 Å². The van der Waals surface area contributed by atoms with E-state index in [-0.39, 0.29) is 12.1 Å². The Balaban J connectivity index is 2.10. The highest BCUT2D eigenvalue weighted by atomic mass is 19.4. The van der Waals surface area contributed by atoms with Crippen molar-refractivity contribution in [2.24, 2.45) is 0 Å². The Kier molecular flexibility index (Phi) is 4.70. The van der Waals surface area contributed by atoms with E-state index in [0.717, 1.165) is 17.7 Å². The summed E-state index contributed by atoms with van der Waals surface area (Å²) < 4.78 is 43.0. The summed E-state index contributed by atoms with van der Waals surface area (Å²) in [5.41, 5.74) is -0.146. The number of ether oxygens (including phenoxy) is 1. The molecule has 0 atom stereocenters. The van der Waals surface area contributed by atoms with Crippen molar-refractivity contribution in [1.82, 2.24) is 5.32 Å². The van der Waals surface area contributed by atoms with E-state index in [4.69, 9.17) is 4.74 Å². The first-order valence-corrected chi connectivity index (χ1v) is 6.49. The summed E-state index contributed by atoms with van der Waals surface area (Å²) in [7, 11) is 1.51. The topological polar surface area (TPSA) is 38.3 Å². The lowest BCUT2D eigenvalue weighted by molar-refractivity contribution is -0.137. The third-order valence-electron chi connectivity index (χ3n) is 3.08. The average molecular weight is 309 g/mol. The molecule has 6 heteroatoms. The number of nitrogens with one attached hydrogen (secondary N) is 1. The second-order valence-electron chi connectivity index (χ2n) is 4.57. The summed E-state index contributed by atoms with van der Waals surface area (Å²) >= 11 is 0. The molecule has 0 saturated carbocycles. The molecule has 2 rings (SSSR count). The number of carbonyl (C=O) groups is 1. The van der Waals surface area contributed by atoms with Gasteiger partial charge < -0.3 is 10.1 Å². The first kappa shape index (κ1) is 15.9. The smallest absolute Gasteiger partial charge is 0.416 e. The third-order valence-corrected chi connectivity index (χ3v) is 3.08.